The molecule has 1 aromatic carbocycles. The smallest absolute Gasteiger partial charge is 0.263 e. The molecule has 0 saturated carbocycles. The molecule has 3 N–H and O–H groups in total. The number of benzene rings is 1. The molecule has 108 valence electrons. The molecule has 0 aliphatic rings. The molecule has 0 spiro atoms. The van der Waals surface area contributed by atoms with Gasteiger partial charge in [-0.25, -0.2) is 8.42 Å². The minimum absolute atomic E-state index is 0.138. The highest BCUT2D eigenvalue weighted by molar-refractivity contribution is 7.92. The Morgan fingerprint density at radius 2 is 2.05 bits per heavy atom. The van der Waals surface area contributed by atoms with E-state index in [1.54, 1.807) is 31.3 Å². The van der Waals surface area contributed by atoms with Gasteiger partial charge in [0.05, 0.1) is 15.7 Å². The number of aromatic nitrogens is 1. The summed E-state index contributed by atoms with van der Waals surface area (Å²) in [6.07, 6.45) is 1.42. The second kappa shape index (κ2) is 6.05. The Kier molecular flexibility index (Phi) is 4.59. The third-order valence-electron chi connectivity index (χ3n) is 2.59. The summed E-state index contributed by atoms with van der Waals surface area (Å²) in [6.45, 7) is 0.549. The highest BCUT2D eigenvalue weighted by Crippen LogP contribution is 2.31. The molecule has 1 heterocycles. The van der Waals surface area contributed by atoms with Crippen molar-refractivity contribution >= 4 is 38.9 Å². The van der Waals surface area contributed by atoms with Crippen LogP contribution in [0.15, 0.2) is 35.4 Å². The first kappa shape index (κ1) is 15.2. The van der Waals surface area contributed by atoms with Gasteiger partial charge in [0.2, 0.25) is 0 Å². The van der Waals surface area contributed by atoms with Gasteiger partial charge in [-0.15, -0.1) is 0 Å². The summed E-state index contributed by atoms with van der Waals surface area (Å²) < 4.78 is 26.9. The van der Waals surface area contributed by atoms with Crippen LogP contribution >= 0.6 is 23.2 Å². The van der Waals surface area contributed by atoms with Crippen molar-refractivity contribution in [2.75, 3.05) is 11.8 Å². The molecular formula is C12H13Cl2N3O2S. The lowest BCUT2D eigenvalue weighted by molar-refractivity contribution is 0.601. The third kappa shape index (κ3) is 3.27. The highest BCUT2D eigenvalue weighted by Gasteiger charge is 2.18. The summed E-state index contributed by atoms with van der Waals surface area (Å²) in [5, 5.41) is 3.39. The summed E-state index contributed by atoms with van der Waals surface area (Å²) in [5.41, 5.74) is 1.01. The standard InChI is InChI=1S/C12H13Cl2N3O2S/c1-15-6-8-5-9(7-16-8)20(18,19)17-11-4-2-3-10(13)12(11)14/h2-5,7,15-17H,6H2,1H3. The maximum absolute atomic E-state index is 12.2. The lowest BCUT2D eigenvalue weighted by atomic mass is 10.3. The summed E-state index contributed by atoms with van der Waals surface area (Å²) in [6, 6.07) is 6.31. The molecule has 0 saturated heterocycles. The van der Waals surface area contributed by atoms with Crippen LogP contribution in [0.4, 0.5) is 5.69 Å². The fourth-order valence-electron chi connectivity index (χ4n) is 1.65. The Morgan fingerprint density at radius 3 is 2.75 bits per heavy atom. The number of sulfonamides is 1. The van der Waals surface area contributed by atoms with E-state index in [1.165, 1.54) is 6.20 Å². The number of H-pyrrole nitrogens is 1. The van der Waals surface area contributed by atoms with Gasteiger partial charge in [-0.3, -0.25) is 4.72 Å². The molecule has 0 atom stereocenters. The number of hydrogen-bond acceptors (Lipinski definition) is 3. The van der Waals surface area contributed by atoms with E-state index in [4.69, 9.17) is 23.2 Å². The minimum atomic E-state index is -3.70. The summed E-state index contributed by atoms with van der Waals surface area (Å²) in [7, 11) is -1.93. The topological polar surface area (TPSA) is 74.0 Å². The fourth-order valence-corrected chi connectivity index (χ4v) is 3.15. The Balaban J connectivity index is 2.28. The van der Waals surface area contributed by atoms with Gasteiger partial charge in [0.15, 0.2) is 0 Å². The molecule has 0 unspecified atom stereocenters. The van der Waals surface area contributed by atoms with Crippen LogP contribution in [0.2, 0.25) is 10.0 Å². The predicted molar refractivity (Wildman–Crippen MR) is 80.8 cm³/mol. The molecule has 2 rings (SSSR count). The first-order chi connectivity index (χ1) is 9.44. The van der Waals surface area contributed by atoms with E-state index in [2.05, 4.69) is 15.0 Å². The first-order valence-electron chi connectivity index (χ1n) is 5.73. The molecule has 0 aliphatic carbocycles. The highest BCUT2D eigenvalue weighted by atomic mass is 35.5. The van der Waals surface area contributed by atoms with Crippen molar-refractivity contribution in [1.82, 2.24) is 10.3 Å². The number of aromatic amines is 1. The molecule has 0 aliphatic heterocycles. The summed E-state index contributed by atoms with van der Waals surface area (Å²) >= 11 is 11.8. The maximum atomic E-state index is 12.2. The van der Waals surface area contributed by atoms with Crippen molar-refractivity contribution in [2.24, 2.45) is 0 Å². The van der Waals surface area contributed by atoms with Gasteiger partial charge in [-0.2, -0.15) is 0 Å². The van der Waals surface area contributed by atoms with Crippen molar-refractivity contribution in [2.45, 2.75) is 11.4 Å². The van der Waals surface area contributed by atoms with E-state index in [0.29, 0.717) is 6.54 Å². The largest absolute Gasteiger partial charge is 0.363 e. The van der Waals surface area contributed by atoms with Crippen LogP contribution in [0.25, 0.3) is 0 Å². The zero-order valence-electron chi connectivity index (χ0n) is 10.6. The fraction of sp³-hybridized carbons (Fsp3) is 0.167. The van der Waals surface area contributed by atoms with E-state index < -0.39 is 10.0 Å². The molecule has 0 bridgehead atoms. The SMILES string of the molecule is CNCc1cc(S(=O)(=O)Nc2cccc(Cl)c2Cl)c[nH]1. The number of anilines is 1. The molecule has 8 heteroatoms. The normalized spacial score (nSPS) is 11.6. The van der Waals surface area contributed by atoms with Gasteiger partial charge in [0.25, 0.3) is 10.0 Å². The van der Waals surface area contributed by atoms with Gasteiger partial charge in [0.1, 0.15) is 4.90 Å². The molecule has 0 radical (unpaired) electrons. The van der Waals surface area contributed by atoms with E-state index in [-0.39, 0.29) is 20.6 Å². The Morgan fingerprint density at radius 1 is 1.30 bits per heavy atom. The zero-order chi connectivity index (χ0) is 14.8. The molecule has 0 fully saturated rings. The molecule has 1 aromatic heterocycles. The molecule has 20 heavy (non-hydrogen) atoms. The predicted octanol–water partition coefficient (Wildman–Crippen LogP) is 2.84. The van der Waals surface area contributed by atoms with Crippen LogP contribution in [-0.2, 0) is 16.6 Å². The quantitative estimate of drug-likeness (QED) is 0.787. The van der Waals surface area contributed by atoms with Gasteiger partial charge >= 0.3 is 0 Å². The monoisotopic (exact) mass is 333 g/mol. The Hall–Kier alpha value is -1.21. The summed E-state index contributed by atoms with van der Waals surface area (Å²) in [4.78, 5) is 3.02. The van der Waals surface area contributed by atoms with Gasteiger partial charge in [0, 0.05) is 18.4 Å². The van der Waals surface area contributed by atoms with Crippen molar-refractivity contribution in [3.05, 3.63) is 46.2 Å². The van der Waals surface area contributed by atoms with Crippen LogP contribution < -0.4 is 10.0 Å². The molecule has 5 nitrogen and oxygen atoms in total. The Bertz CT molecular complexity index is 713. The summed E-state index contributed by atoms with van der Waals surface area (Å²) in [5.74, 6) is 0. The van der Waals surface area contributed by atoms with Gasteiger partial charge in [-0.05, 0) is 25.2 Å². The van der Waals surface area contributed by atoms with Crippen molar-refractivity contribution in [3.8, 4) is 0 Å². The van der Waals surface area contributed by atoms with Gasteiger partial charge < -0.3 is 10.3 Å². The van der Waals surface area contributed by atoms with Gasteiger partial charge in [-0.1, -0.05) is 29.3 Å². The molecule has 2 aromatic rings. The van der Waals surface area contributed by atoms with Crippen LogP contribution in [-0.4, -0.2) is 20.4 Å². The second-order valence-corrected chi connectivity index (χ2v) is 6.57. The van der Waals surface area contributed by atoms with E-state index in [1.807, 2.05) is 0 Å². The van der Waals surface area contributed by atoms with Crippen LogP contribution in [0, 0.1) is 0 Å². The number of nitrogens with one attached hydrogen (secondary N) is 3. The van der Waals surface area contributed by atoms with Crippen molar-refractivity contribution in [1.29, 1.82) is 0 Å². The first-order valence-corrected chi connectivity index (χ1v) is 7.96. The Labute approximate surface area is 127 Å². The number of halogens is 2. The lowest BCUT2D eigenvalue weighted by Crippen LogP contribution is -2.12. The number of rotatable bonds is 5. The molecule has 0 amide bonds. The van der Waals surface area contributed by atoms with Crippen LogP contribution in [0.3, 0.4) is 0 Å². The maximum Gasteiger partial charge on any atom is 0.263 e. The van der Waals surface area contributed by atoms with Crippen molar-refractivity contribution in [3.63, 3.8) is 0 Å². The minimum Gasteiger partial charge on any atom is -0.363 e. The lowest BCUT2D eigenvalue weighted by Gasteiger charge is -2.08. The van der Waals surface area contributed by atoms with Crippen LogP contribution in [0.1, 0.15) is 5.69 Å². The van der Waals surface area contributed by atoms with Crippen molar-refractivity contribution < 1.29 is 8.42 Å². The van der Waals surface area contributed by atoms with E-state index in [9.17, 15) is 8.42 Å². The average molecular weight is 334 g/mol. The third-order valence-corrected chi connectivity index (χ3v) is 4.75. The van der Waals surface area contributed by atoms with Crippen LogP contribution in [0.5, 0.6) is 0 Å². The number of hydrogen-bond donors (Lipinski definition) is 3. The zero-order valence-corrected chi connectivity index (χ0v) is 12.9. The van der Waals surface area contributed by atoms with E-state index >= 15 is 0 Å². The van der Waals surface area contributed by atoms with E-state index in [0.717, 1.165) is 5.69 Å². The average Bonchev–Trinajstić information content (AvgIpc) is 2.85. The second-order valence-electron chi connectivity index (χ2n) is 4.10. The molecular weight excluding hydrogens is 321 g/mol.